The van der Waals surface area contributed by atoms with Crippen molar-refractivity contribution in [1.29, 1.82) is 0 Å². The summed E-state index contributed by atoms with van der Waals surface area (Å²) in [7, 11) is 1.66. The monoisotopic (exact) mass is 430 g/mol. The minimum Gasteiger partial charge on any atom is -0.496 e. The second kappa shape index (κ2) is 8.90. The van der Waals surface area contributed by atoms with Crippen LogP contribution in [0.4, 0.5) is 5.13 Å². The van der Waals surface area contributed by atoms with E-state index >= 15 is 0 Å². The van der Waals surface area contributed by atoms with Crippen molar-refractivity contribution in [3.63, 3.8) is 0 Å². The number of aryl methyl sites for hydroxylation is 3. The number of thiazole rings is 1. The van der Waals surface area contributed by atoms with Crippen LogP contribution in [0.3, 0.4) is 0 Å². The van der Waals surface area contributed by atoms with Gasteiger partial charge >= 0.3 is 0 Å². The molecule has 0 N–H and O–H groups in total. The summed E-state index contributed by atoms with van der Waals surface area (Å²) in [6.07, 6.45) is 0.311. The highest BCUT2D eigenvalue weighted by molar-refractivity contribution is 7.22. The molecule has 3 aromatic carbocycles. The van der Waals surface area contributed by atoms with Crippen LogP contribution in [0.5, 0.6) is 5.75 Å². The fraction of sp³-hybridized carbons (Fsp3) is 0.231. The summed E-state index contributed by atoms with van der Waals surface area (Å²) < 4.78 is 6.46. The zero-order chi connectivity index (χ0) is 22.0. The molecule has 0 saturated carbocycles. The predicted octanol–water partition coefficient (Wildman–Crippen LogP) is 6.01. The second-order valence-corrected chi connectivity index (χ2v) is 8.88. The number of carbonyl (C=O) groups is 1. The summed E-state index contributed by atoms with van der Waals surface area (Å²) in [5, 5.41) is 0.739. The Labute approximate surface area is 187 Å². The Morgan fingerprint density at radius 3 is 2.45 bits per heavy atom. The highest BCUT2D eigenvalue weighted by Crippen LogP contribution is 2.33. The van der Waals surface area contributed by atoms with Gasteiger partial charge in [0.2, 0.25) is 5.91 Å². The predicted molar refractivity (Wildman–Crippen MR) is 128 cm³/mol. The number of ether oxygens (including phenoxy) is 1. The van der Waals surface area contributed by atoms with Crippen LogP contribution in [-0.4, -0.2) is 18.0 Å². The molecule has 0 spiro atoms. The van der Waals surface area contributed by atoms with Crippen LogP contribution in [0.25, 0.3) is 10.2 Å². The van der Waals surface area contributed by atoms with Gasteiger partial charge in [0.05, 0.1) is 30.3 Å². The van der Waals surface area contributed by atoms with Gasteiger partial charge in [-0.05, 0) is 60.7 Å². The van der Waals surface area contributed by atoms with Gasteiger partial charge in [-0.2, -0.15) is 0 Å². The van der Waals surface area contributed by atoms with Crippen LogP contribution < -0.4 is 9.64 Å². The lowest BCUT2D eigenvalue weighted by atomic mass is 10.1. The number of amides is 1. The van der Waals surface area contributed by atoms with E-state index in [9.17, 15) is 4.79 Å². The van der Waals surface area contributed by atoms with Crippen molar-refractivity contribution < 1.29 is 9.53 Å². The summed E-state index contributed by atoms with van der Waals surface area (Å²) in [5.74, 6) is 0.858. The van der Waals surface area contributed by atoms with Gasteiger partial charge in [0.15, 0.2) is 5.13 Å². The molecule has 158 valence electrons. The summed E-state index contributed by atoms with van der Waals surface area (Å²) in [4.78, 5) is 20.1. The molecule has 5 heteroatoms. The molecule has 31 heavy (non-hydrogen) atoms. The smallest absolute Gasteiger partial charge is 0.233 e. The van der Waals surface area contributed by atoms with Crippen LogP contribution in [0.15, 0.2) is 60.7 Å². The molecular weight excluding hydrogens is 404 g/mol. The Bertz CT molecular complexity index is 1230. The Hall–Kier alpha value is -3.18. The van der Waals surface area contributed by atoms with E-state index in [2.05, 4.69) is 26.0 Å². The second-order valence-electron chi connectivity index (χ2n) is 7.87. The van der Waals surface area contributed by atoms with E-state index < -0.39 is 0 Å². The van der Waals surface area contributed by atoms with Crippen molar-refractivity contribution in [2.75, 3.05) is 12.0 Å². The van der Waals surface area contributed by atoms with E-state index in [1.807, 2.05) is 60.4 Å². The lowest BCUT2D eigenvalue weighted by Crippen LogP contribution is -2.31. The van der Waals surface area contributed by atoms with Gasteiger partial charge in [-0.25, -0.2) is 4.98 Å². The number of nitrogens with zero attached hydrogens (tertiary/aromatic N) is 2. The van der Waals surface area contributed by atoms with E-state index in [0.29, 0.717) is 13.0 Å². The number of hydrogen-bond acceptors (Lipinski definition) is 4. The highest BCUT2D eigenvalue weighted by Gasteiger charge is 2.21. The fourth-order valence-electron chi connectivity index (χ4n) is 3.82. The first-order valence-corrected chi connectivity index (χ1v) is 11.1. The first-order chi connectivity index (χ1) is 14.9. The molecule has 1 amide bonds. The van der Waals surface area contributed by atoms with Gasteiger partial charge in [0, 0.05) is 0 Å². The Morgan fingerprint density at radius 1 is 0.968 bits per heavy atom. The van der Waals surface area contributed by atoms with E-state index in [4.69, 9.17) is 9.72 Å². The summed E-state index contributed by atoms with van der Waals surface area (Å²) in [6, 6.07) is 20.2. The zero-order valence-corrected chi connectivity index (χ0v) is 19.1. The quantitative estimate of drug-likeness (QED) is 0.376. The van der Waals surface area contributed by atoms with Gasteiger partial charge in [-0.3, -0.25) is 9.69 Å². The number of aromatic nitrogens is 1. The number of fused-ring (bicyclic) bond motifs is 1. The van der Waals surface area contributed by atoms with Gasteiger partial charge in [-0.1, -0.05) is 59.9 Å². The van der Waals surface area contributed by atoms with Crippen molar-refractivity contribution in [3.8, 4) is 5.75 Å². The molecule has 0 fully saturated rings. The average Bonchev–Trinajstić information content (AvgIpc) is 3.17. The zero-order valence-electron chi connectivity index (χ0n) is 18.3. The lowest BCUT2D eigenvalue weighted by molar-refractivity contribution is -0.118. The van der Waals surface area contributed by atoms with Crippen LogP contribution in [0.2, 0.25) is 0 Å². The standard InChI is InChI=1S/C26H26N2O2S/c1-17-12-19(3)25-23(13-17)31-26(27-25)28(16-20-8-6-5-7-9-20)24(29)15-21-10-11-22(30-4)18(2)14-21/h5-14H,15-16H2,1-4H3. The largest absolute Gasteiger partial charge is 0.496 e. The molecule has 0 aliphatic heterocycles. The van der Waals surface area contributed by atoms with E-state index in [1.165, 1.54) is 5.56 Å². The number of benzene rings is 3. The molecule has 1 aromatic heterocycles. The van der Waals surface area contributed by atoms with Crippen molar-refractivity contribution in [3.05, 3.63) is 88.5 Å². The van der Waals surface area contributed by atoms with Crippen LogP contribution in [0, 0.1) is 20.8 Å². The number of hydrogen-bond donors (Lipinski definition) is 0. The molecule has 0 radical (unpaired) electrons. The molecule has 4 aromatic rings. The van der Waals surface area contributed by atoms with Crippen molar-refractivity contribution in [2.24, 2.45) is 0 Å². The molecule has 0 unspecified atom stereocenters. The molecule has 4 nitrogen and oxygen atoms in total. The topological polar surface area (TPSA) is 42.4 Å². The van der Waals surface area contributed by atoms with Gasteiger partial charge in [0.25, 0.3) is 0 Å². The normalized spacial score (nSPS) is 11.0. The minimum absolute atomic E-state index is 0.0295. The average molecular weight is 431 g/mol. The number of methoxy groups -OCH3 is 1. The van der Waals surface area contributed by atoms with Crippen LogP contribution in [0.1, 0.15) is 27.8 Å². The third-order valence-corrected chi connectivity index (χ3v) is 6.37. The molecular formula is C26H26N2O2S. The van der Waals surface area contributed by atoms with Gasteiger partial charge in [-0.15, -0.1) is 0 Å². The van der Waals surface area contributed by atoms with Crippen molar-refractivity contribution in [2.45, 2.75) is 33.7 Å². The lowest BCUT2D eigenvalue weighted by Gasteiger charge is -2.20. The van der Waals surface area contributed by atoms with E-state index in [1.54, 1.807) is 18.4 Å². The molecule has 1 heterocycles. The molecule has 0 atom stereocenters. The van der Waals surface area contributed by atoms with Crippen molar-refractivity contribution in [1.82, 2.24) is 4.98 Å². The number of rotatable bonds is 6. The fourth-order valence-corrected chi connectivity index (χ4v) is 4.98. The first kappa shape index (κ1) is 21.1. The summed E-state index contributed by atoms with van der Waals surface area (Å²) in [5.41, 5.74) is 6.37. The maximum Gasteiger partial charge on any atom is 0.233 e. The molecule has 0 aliphatic carbocycles. The number of anilines is 1. The maximum absolute atomic E-state index is 13.5. The van der Waals surface area contributed by atoms with Crippen LogP contribution >= 0.6 is 11.3 Å². The highest BCUT2D eigenvalue weighted by atomic mass is 32.1. The Kier molecular flexibility index (Phi) is 6.05. The third-order valence-electron chi connectivity index (χ3n) is 5.35. The molecule has 0 aliphatic rings. The van der Waals surface area contributed by atoms with Crippen LogP contribution in [-0.2, 0) is 17.8 Å². The number of carbonyl (C=O) groups excluding carboxylic acids is 1. The SMILES string of the molecule is COc1ccc(CC(=O)N(Cc2ccccc2)c2nc3c(C)cc(C)cc3s2)cc1C. The first-order valence-electron chi connectivity index (χ1n) is 10.3. The minimum atomic E-state index is 0.0295. The van der Waals surface area contributed by atoms with Gasteiger partial charge < -0.3 is 4.74 Å². The summed E-state index contributed by atoms with van der Waals surface area (Å²) in [6.45, 7) is 6.65. The molecule has 0 bridgehead atoms. The Balaban J connectivity index is 1.69. The third kappa shape index (κ3) is 4.62. The van der Waals surface area contributed by atoms with Gasteiger partial charge in [0.1, 0.15) is 5.75 Å². The van der Waals surface area contributed by atoms with E-state index in [0.717, 1.165) is 43.4 Å². The maximum atomic E-state index is 13.5. The van der Waals surface area contributed by atoms with Crippen molar-refractivity contribution >= 4 is 32.6 Å². The summed E-state index contributed by atoms with van der Waals surface area (Å²) >= 11 is 1.58. The molecule has 0 saturated heterocycles. The molecule has 4 rings (SSSR count). The van der Waals surface area contributed by atoms with E-state index in [-0.39, 0.29) is 5.91 Å². The Morgan fingerprint density at radius 2 is 1.74 bits per heavy atom.